The van der Waals surface area contributed by atoms with Crippen LogP contribution in [0.2, 0.25) is 0 Å². The van der Waals surface area contributed by atoms with Crippen molar-refractivity contribution in [3.63, 3.8) is 0 Å². The molecule has 1 fully saturated rings. The summed E-state index contributed by atoms with van der Waals surface area (Å²) in [4.78, 5) is 28.7. The second-order valence-corrected chi connectivity index (χ2v) is 4.86. The van der Waals surface area contributed by atoms with E-state index in [9.17, 15) is 9.59 Å². The Bertz CT molecular complexity index is 470. The summed E-state index contributed by atoms with van der Waals surface area (Å²) < 4.78 is 1.87. The average Bonchev–Trinajstić information content (AvgIpc) is 2.86. The molecule has 2 rings (SSSR count). The highest BCUT2D eigenvalue weighted by Crippen LogP contribution is 2.07. The van der Waals surface area contributed by atoms with E-state index in [0.29, 0.717) is 25.9 Å². The van der Waals surface area contributed by atoms with Gasteiger partial charge in [0.05, 0.1) is 18.1 Å². The van der Waals surface area contributed by atoms with Gasteiger partial charge in [-0.1, -0.05) is 0 Å². The Balaban J connectivity index is 1.66. The zero-order valence-corrected chi connectivity index (χ0v) is 11.2. The number of carbonyl (C=O) groups is 2. The fraction of sp³-hybridized carbons (Fsp3) is 0.583. The van der Waals surface area contributed by atoms with Crippen LogP contribution in [0, 0.1) is 0 Å². The van der Waals surface area contributed by atoms with Gasteiger partial charge in [-0.2, -0.15) is 0 Å². The second kappa shape index (κ2) is 5.73. The van der Waals surface area contributed by atoms with E-state index in [0.717, 1.165) is 5.69 Å². The van der Waals surface area contributed by atoms with Crippen molar-refractivity contribution in [3.8, 4) is 0 Å². The summed E-state index contributed by atoms with van der Waals surface area (Å²) in [5.74, 6) is 0.0683. The lowest BCUT2D eigenvalue weighted by atomic mass is 10.2. The molecule has 0 unspecified atom stereocenters. The number of imidazole rings is 1. The van der Waals surface area contributed by atoms with Crippen LogP contribution in [0.25, 0.3) is 0 Å². The number of aryl methyl sites for hydroxylation is 1. The van der Waals surface area contributed by atoms with E-state index in [-0.39, 0.29) is 18.0 Å². The Kier molecular flexibility index (Phi) is 4.03. The Hall–Kier alpha value is -2.05. The highest BCUT2D eigenvalue weighted by Gasteiger charge is 2.27. The van der Waals surface area contributed by atoms with Crippen molar-refractivity contribution in [1.82, 2.24) is 25.1 Å². The Morgan fingerprint density at radius 1 is 1.53 bits per heavy atom. The lowest BCUT2D eigenvalue weighted by Crippen LogP contribution is -2.43. The van der Waals surface area contributed by atoms with Gasteiger partial charge in [0.2, 0.25) is 5.91 Å². The molecule has 1 aliphatic rings. The lowest BCUT2D eigenvalue weighted by Gasteiger charge is -2.12. The first-order valence-corrected chi connectivity index (χ1v) is 6.30. The van der Waals surface area contributed by atoms with Crippen molar-refractivity contribution in [3.05, 3.63) is 18.2 Å². The zero-order valence-electron chi connectivity index (χ0n) is 11.2. The second-order valence-electron chi connectivity index (χ2n) is 4.86. The number of hydrogen-bond acceptors (Lipinski definition) is 3. The number of amides is 3. The van der Waals surface area contributed by atoms with E-state index in [1.807, 2.05) is 17.8 Å². The first-order chi connectivity index (χ1) is 9.04. The van der Waals surface area contributed by atoms with Crippen LogP contribution in [-0.4, -0.2) is 52.6 Å². The number of nitrogens with one attached hydrogen (secondary N) is 2. The van der Waals surface area contributed by atoms with Crippen molar-refractivity contribution in [2.45, 2.75) is 18.9 Å². The van der Waals surface area contributed by atoms with Crippen molar-refractivity contribution < 1.29 is 9.59 Å². The van der Waals surface area contributed by atoms with Crippen molar-refractivity contribution in [2.24, 2.45) is 7.05 Å². The molecule has 7 heteroatoms. The number of nitrogens with zero attached hydrogens (tertiary/aromatic N) is 3. The fourth-order valence-corrected chi connectivity index (χ4v) is 2.10. The van der Waals surface area contributed by atoms with Crippen LogP contribution in [-0.2, 0) is 18.3 Å². The molecule has 1 aliphatic heterocycles. The molecule has 0 spiro atoms. The molecular formula is C12H19N5O2. The van der Waals surface area contributed by atoms with Crippen LogP contribution in [0.1, 0.15) is 12.1 Å². The van der Waals surface area contributed by atoms with Gasteiger partial charge in [0.1, 0.15) is 0 Å². The van der Waals surface area contributed by atoms with Crippen molar-refractivity contribution in [1.29, 1.82) is 0 Å². The molecule has 0 saturated carbocycles. The summed E-state index contributed by atoms with van der Waals surface area (Å²) in [6, 6.07) is -0.323. The van der Waals surface area contributed by atoms with E-state index in [4.69, 9.17) is 0 Å². The SMILES string of the molecule is CN1C[C@@H](NC(=O)NCCc2cn(C)cn2)CC1=O. The molecule has 1 atom stereocenters. The third-order valence-corrected chi connectivity index (χ3v) is 3.10. The number of likely N-dealkylation sites (tertiary alicyclic amines) is 1. The van der Waals surface area contributed by atoms with Gasteiger partial charge < -0.3 is 20.1 Å². The number of likely N-dealkylation sites (N-methyl/N-ethyl adjacent to an activating group) is 1. The molecule has 0 bridgehead atoms. The molecule has 1 saturated heterocycles. The summed E-state index contributed by atoms with van der Waals surface area (Å²) in [5, 5.41) is 5.56. The minimum Gasteiger partial charge on any atom is -0.344 e. The molecule has 1 aromatic rings. The summed E-state index contributed by atoms with van der Waals surface area (Å²) in [6.45, 7) is 1.10. The van der Waals surface area contributed by atoms with E-state index >= 15 is 0 Å². The molecular weight excluding hydrogens is 246 g/mol. The number of urea groups is 1. The number of carbonyl (C=O) groups excluding carboxylic acids is 2. The van der Waals surface area contributed by atoms with Crippen LogP contribution >= 0.6 is 0 Å². The third kappa shape index (κ3) is 3.70. The highest BCUT2D eigenvalue weighted by molar-refractivity contribution is 5.81. The standard InChI is InChI=1S/C12H19N5O2/c1-16-6-9(14-8-16)3-4-13-12(19)15-10-5-11(18)17(2)7-10/h6,8,10H,3-5,7H2,1-2H3,(H2,13,15,19)/t10-/m0/s1. The minimum atomic E-state index is -0.232. The van der Waals surface area contributed by atoms with Crippen LogP contribution in [0.3, 0.4) is 0 Å². The van der Waals surface area contributed by atoms with Gasteiger partial charge in [-0.15, -0.1) is 0 Å². The molecule has 2 heterocycles. The normalized spacial score (nSPS) is 18.7. The van der Waals surface area contributed by atoms with Crippen LogP contribution in [0.15, 0.2) is 12.5 Å². The van der Waals surface area contributed by atoms with Gasteiger partial charge >= 0.3 is 6.03 Å². The van der Waals surface area contributed by atoms with E-state index in [1.165, 1.54) is 0 Å². The van der Waals surface area contributed by atoms with Crippen LogP contribution in [0.5, 0.6) is 0 Å². The van der Waals surface area contributed by atoms with Gasteiger partial charge in [0.15, 0.2) is 0 Å². The fourth-order valence-electron chi connectivity index (χ4n) is 2.10. The molecule has 7 nitrogen and oxygen atoms in total. The van der Waals surface area contributed by atoms with Crippen molar-refractivity contribution >= 4 is 11.9 Å². The lowest BCUT2D eigenvalue weighted by molar-refractivity contribution is -0.126. The van der Waals surface area contributed by atoms with E-state index in [2.05, 4.69) is 15.6 Å². The largest absolute Gasteiger partial charge is 0.344 e. The van der Waals surface area contributed by atoms with E-state index in [1.54, 1.807) is 18.3 Å². The predicted octanol–water partition coefficient (Wildman–Crippen LogP) is -0.507. The molecule has 104 valence electrons. The average molecular weight is 265 g/mol. The molecule has 0 aliphatic carbocycles. The first-order valence-electron chi connectivity index (χ1n) is 6.30. The quantitative estimate of drug-likeness (QED) is 0.769. The van der Waals surface area contributed by atoms with Gasteiger partial charge in [0.25, 0.3) is 0 Å². The highest BCUT2D eigenvalue weighted by atomic mass is 16.2. The topological polar surface area (TPSA) is 79.3 Å². The molecule has 1 aromatic heterocycles. The Labute approximate surface area is 112 Å². The summed E-state index contributed by atoms with van der Waals surface area (Å²) in [5.41, 5.74) is 0.943. The number of hydrogen-bond donors (Lipinski definition) is 2. The predicted molar refractivity (Wildman–Crippen MR) is 69.5 cm³/mol. The van der Waals surface area contributed by atoms with Gasteiger partial charge in [-0.05, 0) is 0 Å². The first kappa shape index (κ1) is 13.4. The molecule has 19 heavy (non-hydrogen) atoms. The molecule has 3 amide bonds. The Morgan fingerprint density at radius 2 is 2.32 bits per heavy atom. The number of rotatable bonds is 4. The Morgan fingerprint density at radius 3 is 2.89 bits per heavy atom. The summed E-state index contributed by atoms with van der Waals surface area (Å²) >= 11 is 0. The molecule has 0 aromatic carbocycles. The third-order valence-electron chi connectivity index (χ3n) is 3.10. The minimum absolute atomic E-state index is 0.0683. The number of aromatic nitrogens is 2. The maximum atomic E-state index is 11.6. The maximum absolute atomic E-state index is 11.6. The summed E-state index contributed by atoms with van der Waals surface area (Å²) in [7, 11) is 3.65. The zero-order chi connectivity index (χ0) is 13.8. The van der Waals surface area contributed by atoms with Gasteiger partial charge in [-0.25, -0.2) is 9.78 Å². The van der Waals surface area contributed by atoms with Crippen molar-refractivity contribution in [2.75, 3.05) is 20.1 Å². The molecule has 0 radical (unpaired) electrons. The van der Waals surface area contributed by atoms with Crippen LogP contribution < -0.4 is 10.6 Å². The summed E-state index contributed by atoms with van der Waals surface area (Å²) in [6.07, 6.45) is 4.72. The molecule has 2 N–H and O–H groups in total. The smallest absolute Gasteiger partial charge is 0.315 e. The maximum Gasteiger partial charge on any atom is 0.315 e. The van der Waals surface area contributed by atoms with Crippen LogP contribution in [0.4, 0.5) is 4.79 Å². The van der Waals surface area contributed by atoms with E-state index < -0.39 is 0 Å². The van der Waals surface area contributed by atoms with Gasteiger partial charge in [-0.3, -0.25) is 4.79 Å². The monoisotopic (exact) mass is 265 g/mol. The van der Waals surface area contributed by atoms with Gasteiger partial charge in [0, 0.05) is 46.2 Å².